The maximum Gasteiger partial charge on any atom is 0.258 e. The van der Waals surface area contributed by atoms with E-state index in [-0.39, 0.29) is 17.5 Å². The summed E-state index contributed by atoms with van der Waals surface area (Å²) in [5, 5.41) is 8.19. The highest BCUT2D eigenvalue weighted by molar-refractivity contribution is 6.13. The van der Waals surface area contributed by atoms with Crippen LogP contribution in [0.3, 0.4) is 0 Å². The molecule has 120 valence electrons. The standard InChI is InChI=1S/C16H17FN4O2/c17-12-4-1-10(2-5-12)3-6-13(15(22)21-16(19)20)14(18)11-7-8-23-9-11/h1-2,4-5,7-9,13,18H,3,6H2,(H4,19,20,21,22). The Morgan fingerprint density at radius 3 is 2.52 bits per heavy atom. The molecule has 0 radical (unpaired) electrons. The van der Waals surface area contributed by atoms with Gasteiger partial charge in [-0.3, -0.25) is 4.79 Å². The SMILES string of the molecule is N=C(c1ccoc1)C(CCc1ccc(F)cc1)C(=O)N=C(N)N. The third kappa shape index (κ3) is 4.50. The summed E-state index contributed by atoms with van der Waals surface area (Å²) in [4.78, 5) is 15.7. The van der Waals surface area contributed by atoms with Gasteiger partial charge in [0.15, 0.2) is 5.96 Å². The van der Waals surface area contributed by atoms with Crippen LogP contribution in [0.1, 0.15) is 17.5 Å². The molecule has 1 amide bonds. The van der Waals surface area contributed by atoms with Crippen LogP contribution >= 0.6 is 0 Å². The predicted molar refractivity (Wildman–Crippen MR) is 84.6 cm³/mol. The van der Waals surface area contributed by atoms with Gasteiger partial charge in [0.05, 0.1) is 24.2 Å². The van der Waals surface area contributed by atoms with Crippen molar-refractivity contribution < 1.29 is 13.6 Å². The Morgan fingerprint density at radius 2 is 1.96 bits per heavy atom. The Morgan fingerprint density at radius 1 is 1.26 bits per heavy atom. The number of hydrogen-bond donors (Lipinski definition) is 3. The molecule has 7 heteroatoms. The zero-order valence-electron chi connectivity index (χ0n) is 12.3. The highest BCUT2D eigenvalue weighted by Crippen LogP contribution is 2.18. The van der Waals surface area contributed by atoms with Gasteiger partial charge in [0, 0.05) is 5.56 Å². The number of furan rings is 1. The van der Waals surface area contributed by atoms with E-state index in [4.69, 9.17) is 21.3 Å². The third-order valence-electron chi connectivity index (χ3n) is 3.35. The monoisotopic (exact) mass is 316 g/mol. The lowest BCUT2D eigenvalue weighted by atomic mass is 9.91. The molecule has 23 heavy (non-hydrogen) atoms. The summed E-state index contributed by atoms with van der Waals surface area (Å²) in [6.45, 7) is 0. The maximum absolute atomic E-state index is 12.9. The van der Waals surface area contributed by atoms with Crippen molar-refractivity contribution in [1.29, 1.82) is 5.41 Å². The molecular formula is C16H17FN4O2. The number of nitrogens with one attached hydrogen (secondary N) is 1. The van der Waals surface area contributed by atoms with Crippen LogP contribution in [0, 0.1) is 17.1 Å². The summed E-state index contributed by atoms with van der Waals surface area (Å²) in [5.74, 6) is -2.06. The molecule has 1 aromatic carbocycles. The van der Waals surface area contributed by atoms with Gasteiger partial charge in [-0.25, -0.2) is 4.39 Å². The van der Waals surface area contributed by atoms with Gasteiger partial charge in [0.1, 0.15) is 5.82 Å². The molecule has 0 aliphatic carbocycles. The number of halogens is 1. The van der Waals surface area contributed by atoms with Gasteiger partial charge in [-0.1, -0.05) is 12.1 Å². The molecule has 2 aromatic rings. The first-order valence-corrected chi connectivity index (χ1v) is 6.96. The van der Waals surface area contributed by atoms with Crippen molar-refractivity contribution in [3.8, 4) is 0 Å². The molecule has 1 atom stereocenters. The second kappa shape index (κ2) is 7.35. The molecule has 2 rings (SSSR count). The van der Waals surface area contributed by atoms with Crippen LogP contribution in [-0.4, -0.2) is 17.6 Å². The zero-order valence-corrected chi connectivity index (χ0v) is 12.3. The molecule has 0 fully saturated rings. The molecular weight excluding hydrogens is 299 g/mol. The molecule has 0 saturated heterocycles. The number of nitrogens with two attached hydrogens (primary N) is 2. The smallest absolute Gasteiger partial charge is 0.258 e. The number of rotatable bonds is 6. The number of benzene rings is 1. The fraction of sp³-hybridized carbons (Fsp3) is 0.188. The Balaban J connectivity index is 2.16. The molecule has 1 heterocycles. The fourth-order valence-electron chi connectivity index (χ4n) is 2.18. The Labute approximate surface area is 132 Å². The summed E-state index contributed by atoms with van der Waals surface area (Å²) < 4.78 is 17.9. The van der Waals surface area contributed by atoms with Gasteiger partial charge >= 0.3 is 0 Å². The Bertz CT molecular complexity index is 704. The van der Waals surface area contributed by atoms with E-state index in [0.29, 0.717) is 18.4 Å². The highest BCUT2D eigenvalue weighted by Gasteiger charge is 2.25. The van der Waals surface area contributed by atoms with Gasteiger partial charge in [-0.2, -0.15) is 4.99 Å². The number of carbonyl (C=O) groups excluding carboxylic acids is 1. The third-order valence-corrected chi connectivity index (χ3v) is 3.35. The zero-order chi connectivity index (χ0) is 16.8. The van der Waals surface area contributed by atoms with E-state index in [1.165, 1.54) is 24.7 Å². The average Bonchev–Trinajstić information content (AvgIpc) is 3.02. The summed E-state index contributed by atoms with van der Waals surface area (Å²) in [6, 6.07) is 7.57. The van der Waals surface area contributed by atoms with Crippen LogP contribution in [0.4, 0.5) is 4.39 Å². The number of nitrogens with zero attached hydrogens (tertiary/aromatic N) is 1. The lowest BCUT2D eigenvalue weighted by Crippen LogP contribution is -2.29. The van der Waals surface area contributed by atoms with Crippen molar-refractivity contribution in [2.75, 3.05) is 0 Å². The van der Waals surface area contributed by atoms with Crippen LogP contribution in [0.5, 0.6) is 0 Å². The van der Waals surface area contributed by atoms with E-state index < -0.39 is 11.8 Å². The van der Waals surface area contributed by atoms with Crippen LogP contribution in [-0.2, 0) is 11.2 Å². The minimum absolute atomic E-state index is 0.0795. The Hall–Kier alpha value is -2.96. The van der Waals surface area contributed by atoms with E-state index in [2.05, 4.69) is 4.99 Å². The van der Waals surface area contributed by atoms with Crippen LogP contribution < -0.4 is 11.5 Å². The average molecular weight is 316 g/mol. The van der Waals surface area contributed by atoms with Gasteiger partial charge in [0.2, 0.25) is 0 Å². The largest absolute Gasteiger partial charge is 0.472 e. The number of aliphatic imine (C=N–C) groups is 1. The van der Waals surface area contributed by atoms with Crippen molar-refractivity contribution >= 4 is 17.6 Å². The van der Waals surface area contributed by atoms with Crippen molar-refractivity contribution in [2.24, 2.45) is 22.4 Å². The summed E-state index contributed by atoms with van der Waals surface area (Å²) >= 11 is 0. The lowest BCUT2D eigenvalue weighted by Gasteiger charge is -2.14. The second-order valence-electron chi connectivity index (χ2n) is 5.02. The maximum atomic E-state index is 12.9. The van der Waals surface area contributed by atoms with Crippen molar-refractivity contribution in [1.82, 2.24) is 0 Å². The van der Waals surface area contributed by atoms with Crippen LogP contribution in [0.25, 0.3) is 0 Å². The van der Waals surface area contributed by atoms with Crippen molar-refractivity contribution in [2.45, 2.75) is 12.8 Å². The molecule has 0 aliphatic heterocycles. The van der Waals surface area contributed by atoms with Crippen LogP contribution in [0.2, 0.25) is 0 Å². The van der Waals surface area contributed by atoms with Gasteiger partial charge in [-0.05, 0) is 36.6 Å². The quantitative estimate of drug-likeness (QED) is 0.556. The van der Waals surface area contributed by atoms with Crippen molar-refractivity contribution in [3.05, 3.63) is 59.8 Å². The first kappa shape index (κ1) is 16.4. The van der Waals surface area contributed by atoms with E-state index in [1.807, 2.05) is 0 Å². The number of hydrogen-bond acceptors (Lipinski definition) is 3. The minimum Gasteiger partial charge on any atom is -0.472 e. The second-order valence-corrected chi connectivity index (χ2v) is 5.02. The van der Waals surface area contributed by atoms with Gasteiger partial charge in [0.25, 0.3) is 5.91 Å². The number of guanidine groups is 1. The molecule has 1 aromatic heterocycles. The molecule has 0 aliphatic rings. The summed E-state index contributed by atoms with van der Waals surface area (Å²) in [6.07, 6.45) is 3.62. The van der Waals surface area contributed by atoms with Gasteiger partial charge < -0.3 is 21.3 Å². The van der Waals surface area contributed by atoms with Crippen molar-refractivity contribution in [3.63, 3.8) is 0 Å². The minimum atomic E-state index is -0.806. The van der Waals surface area contributed by atoms with Crippen LogP contribution in [0.15, 0.2) is 52.3 Å². The predicted octanol–water partition coefficient (Wildman–Crippen LogP) is 1.84. The number of aryl methyl sites for hydroxylation is 1. The van der Waals surface area contributed by atoms with E-state index in [9.17, 15) is 9.18 Å². The number of carbonyl (C=O) groups is 1. The van der Waals surface area contributed by atoms with E-state index in [1.54, 1.807) is 18.2 Å². The van der Waals surface area contributed by atoms with E-state index in [0.717, 1.165) is 5.56 Å². The molecule has 5 N–H and O–H groups in total. The number of amides is 1. The van der Waals surface area contributed by atoms with E-state index >= 15 is 0 Å². The summed E-state index contributed by atoms with van der Waals surface area (Å²) in [5.41, 5.74) is 11.9. The normalized spacial score (nSPS) is 11.7. The van der Waals surface area contributed by atoms with Gasteiger partial charge in [-0.15, -0.1) is 0 Å². The molecule has 0 bridgehead atoms. The fourth-order valence-corrected chi connectivity index (χ4v) is 2.18. The molecule has 0 saturated carbocycles. The Kier molecular flexibility index (Phi) is 5.24. The molecule has 1 unspecified atom stereocenters. The topological polar surface area (TPSA) is 118 Å². The highest BCUT2D eigenvalue weighted by atomic mass is 19.1. The lowest BCUT2D eigenvalue weighted by molar-refractivity contribution is -0.119. The molecule has 0 spiro atoms. The first-order valence-electron chi connectivity index (χ1n) is 6.96. The molecule has 6 nitrogen and oxygen atoms in total. The first-order chi connectivity index (χ1) is 11.0. The summed E-state index contributed by atoms with van der Waals surface area (Å²) in [7, 11) is 0.